The smallest absolute Gasteiger partial charge is 0.339 e. The summed E-state index contributed by atoms with van der Waals surface area (Å²) in [6.07, 6.45) is 3.24. The molecule has 0 saturated heterocycles. The molecule has 5 rings (SSSR count). The van der Waals surface area contributed by atoms with Crippen LogP contribution in [0.25, 0.3) is 21.7 Å². The van der Waals surface area contributed by atoms with Crippen molar-refractivity contribution in [2.75, 3.05) is 0 Å². The molecule has 0 fully saturated rings. The third kappa shape index (κ3) is 3.31. The van der Waals surface area contributed by atoms with Gasteiger partial charge in [-0.05, 0) is 55.7 Å². The van der Waals surface area contributed by atoms with E-state index in [4.69, 9.17) is 14.1 Å². The van der Waals surface area contributed by atoms with Gasteiger partial charge < -0.3 is 9.15 Å². The molecule has 29 heavy (non-hydrogen) atoms. The predicted molar refractivity (Wildman–Crippen MR) is 110 cm³/mol. The first-order chi connectivity index (χ1) is 14.2. The highest BCUT2D eigenvalue weighted by Gasteiger charge is 2.26. The second kappa shape index (κ2) is 7.40. The molecule has 1 aliphatic carbocycles. The van der Waals surface area contributed by atoms with Crippen molar-refractivity contribution in [2.24, 2.45) is 0 Å². The monoisotopic (exact) mass is 405 g/mol. The van der Waals surface area contributed by atoms with Gasteiger partial charge in [0.05, 0.1) is 16.0 Å². The van der Waals surface area contributed by atoms with Crippen molar-refractivity contribution < 1.29 is 13.9 Å². The highest BCUT2D eigenvalue weighted by Crippen LogP contribution is 2.31. The Hall–Kier alpha value is -3.06. The zero-order valence-electron chi connectivity index (χ0n) is 15.9. The highest BCUT2D eigenvalue weighted by molar-refractivity contribution is 7.13. The number of benzene rings is 1. The van der Waals surface area contributed by atoms with Crippen LogP contribution >= 0.6 is 11.3 Å². The predicted octanol–water partition coefficient (Wildman–Crippen LogP) is 5.14. The Kier molecular flexibility index (Phi) is 4.60. The Balaban J connectivity index is 1.47. The van der Waals surface area contributed by atoms with Crippen LogP contribution in [0.2, 0.25) is 0 Å². The number of pyridine rings is 1. The van der Waals surface area contributed by atoms with Gasteiger partial charge in [0.15, 0.2) is 6.10 Å². The van der Waals surface area contributed by atoms with Crippen molar-refractivity contribution in [2.45, 2.75) is 38.7 Å². The van der Waals surface area contributed by atoms with Gasteiger partial charge in [-0.15, -0.1) is 21.5 Å². The lowest BCUT2D eigenvalue weighted by Gasteiger charge is -2.20. The minimum absolute atomic E-state index is 0.286. The number of hydrogen-bond donors (Lipinski definition) is 0. The maximum Gasteiger partial charge on any atom is 0.339 e. The number of aromatic nitrogens is 3. The van der Waals surface area contributed by atoms with Crippen LogP contribution < -0.4 is 0 Å². The van der Waals surface area contributed by atoms with Crippen LogP contribution in [0.4, 0.5) is 0 Å². The molecule has 7 heteroatoms. The summed E-state index contributed by atoms with van der Waals surface area (Å²) in [6.45, 7) is 1.75. The Morgan fingerprint density at radius 2 is 2.00 bits per heavy atom. The summed E-state index contributed by atoms with van der Waals surface area (Å²) in [7, 11) is 0. The van der Waals surface area contributed by atoms with Gasteiger partial charge in [0.1, 0.15) is 0 Å². The van der Waals surface area contributed by atoms with E-state index in [2.05, 4.69) is 10.2 Å². The molecule has 1 aromatic carbocycles. The van der Waals surface area contributed by atoms with Crippen LogP contribution in [0.1, 0.15) is 53.4 Å². The van der Waals surface area contributed by atoms with Crippen LogP contribution in [0.15, 0.2) is 46.2 Å². The number of esters is 1. The number of para-hydroxylation sites is 1. The van der Waals surface area contributed by atoms with Crippen molar-refractivity contribution in [1.29, 1.82) is 0 Å². The van der Waals surface area contributed by atoms with Gasteiger partial charge in [0.25, 0.3) is 11.8 Å². The van der Waals surface area contributed by atoms with E-state index >= 15 is 0 Å². The van der Waals surface area contributed by atoms with E-state index in [1.54, 1.807) is 6.92 Å². The van der Waals surface area contributed by atoms with Crippen molar-refractivity contribution in [1.82, 2.24) is 15.2 Å². The Bertz CT molecular complexity index is 1180. The molecular formula is C22H19N3O3S. The van der Waals surface area contributed by atoms with E-state index in [9.17, 15) is 4.79 Å². The third-order valence-corrected chi connectivity index (χ3v) is 6.04. The molecule has 0 bridgehead atoms. The average Bonchev–Trinajstić information content (AvgIpc) is 3.43. The van der Waals surface area contributed by atoms with Gasteiger partial charge in [-0.1, -0.05) is 24.3 Å². The summed E-state index contributed by atoms with van der Waals surface area (Å²) in [5.41, 5.74) is 3.46. The molecule has 0 radical (unpaired) electrons. The minimum atomic E-state index is -0.644. The normalized spacial score (nSPS) is 14.5. The third-order valence-electron chi connectivity index (χ3n) is 5.18. The maximum absolute atomic E-state index is 13.2. The summed E-state index contributed by atoms with van der Waals surface area (Å²) in [5.74, 6) is 0.351. The molecule has 3 aromatic heterocycles. The lowest BCUT2D eigenvalue weighted by molar-refractivity contribution is 0.0280. The summed E-state index contributed by atoms with van der Waals surface area (Å²) >= 11 is 1.52. The van der Waals surface area contributed by atoms with Crippen LogP contribution in [-0.4, -0.2) is 21.2 Å². The van der Waals surface area contributed by atoms with E-state index in [1.807, 2.05) is 41.8 Å². The molecule has 6 nitrogen and oxygen atoms in total. The quantitative estimate of drug-likeness (QED) is 0.437. The van der Waals surface area contributed by atoms with Gasteiger partial charge in [0.2, 0.25) is 0 Å². The first-order valence-electron chi connectivity index (χ1n) is 9.69. The molecule has 1 atom stereocenters. The van der Waals surface area contributed by atoms with E-state index < -0.39 is 6.10 Å². The fourth-order valence-electron chi connectivity index (χ4n) is 3.77. The molecule has 0 N–H and O–H groups in total. The first-order valence-corrected chi connectivity index (χ1v) is 10.6. The zero-order chi connectivity index (χ0) is 19.8. The standard InChI is InChI=1S/C22H19N3O3S/c1-13(20-24-25-21(28-20)18-11-6-12-29-18)27-22(26)19-14-7-2-4-9-16(14)23-17-10-5-3-8-15(17)19/h2,4,6-7,9,11-13H,3,5,8,10H2,1H3. The first kappa shape index (κ1) is 18.0. The summed E-state index contributed by atoms with van der Waals surface area (Å²) in [4.78, 5) is 18.9. The fourth-order valence-corrected chi connectivity index (χ4v) is 4.42. The lowest BCUT2D eigenvalue weighted by atomic mass is 9.90. The second-order valence-corrected chi connectivity index (χ2v) is 8.05. The van der Waals surface area contributed by atoms with Gasteiger partial charge in [-0.3, -0.25) is 4.98 Å². The largest absolute Gasteiger partial charge is 0.449 e. The summed E-state index contributed by atoms with van der Waals surface area (Å²) in [5, 5.41) is 10.9. The number of nitrogens with zero attached hydrogens (tertiary/aromatic N) is 3. The molecule has 1 unspecified atom stereocenters. The Morgan fingerprint density at radius 3 is 2.86 bits per heavy atom. The van der Waals surface area contributed by atoms with Crippen molar-refractivity contribution >= 4 is 28.2 Å². The van der Waals surface area contributed by atoms with E-state index in [1.165, 1.54) is 11.3 Å². The fraction of sp³-hybridized carbons (Fsp3) is 0.273. The molecule has 0 amide bonds. The molecule has 0 spiro atoms. The second-order valence-electron chi connectivity index (χ2n) is 7.11. The van der Waals surface area contributed by atoms with Crippen molar-refractivity contribution in [3.05, 3.63) is 64.5 Å². The molecule has 3 heterocycles. The Labute approximate surface area is 171 Å². The van der Waals surface area contributed by atoms with Crippen molar-refractivity contribution in [3.8, 4) is 10.8 Å². The number of hydrogen-bond acceptors (Lipinski definition) is 7. The Morgan fingerprint density at radius 1 is 1.14 bits per heavy atom. The van der Waals surface area contributed by atoms with Gasteiger partial charge in [-0.2, -0.15) is 0 Å². The molecule has 4 aromatic rings. The number of fused-ring (bicyclic) bond motifs is 2. The maximum atomic E-state index is 13.2. The number of carbonyl (C=O) groups is 1. The summed E-state index contributed by atoms with van der Waals surface area (Å²) < 4.78 is 11.5. The molecule has 146 valence electrons. The van der Waals surface area contributed by atoms with E-state index in [0.717, 1.165) is 52.7 Å². The molecule has 0 saturated carbocycles. The van der Waals surface area contributed by atoms with Crippen LogP contribution in [-0.2, 0) is 17.6 Å². The number of carbonyl (C=O) groups excluding carboxylic acids is 1. The molecule has 0 aliphatic heterocycles. The lowest BCUT2D eigenvalue weighted by Crippen LogP contribution is -2.17. The van der Waals surface area contributed by atoms with Gasteiger partial charge >= 0.3 is 5.97 Å². The average molecular weight is 405 g/mol. The van der Waals surface area contributed by atoms with Crippen LogP contribution in [0, 0.1) is 0 Å². The minimum Gasteiger partial charge on any atom is -0.449 e. The van der Waals surface area contributed by atoms with Crippen molar-refractivity contribution in [3.63, 3.8) is 0 Å². The molecular weight excluding hydrogens is 386 g/mol. The van der Waals surface area contributed by atoms with E-state index in [-0.39, 0.29) is 11.9 Å². The SMILES string of the molecule is CC(OC(=O)c1c2c(nc3ccccc13)CCCC2)c1nnc(-c2cccs2)o1. The van der Waals surface area contributed by atoms with Gasteiger partial charge in [-0.25, -0.2) is 4.79 Å². The number of aryl methyl sites for hydroxylation is 1. The highest BCUT2D eigenvalue weighted by atomic mass is 32.1. The molecule has 1 aliphatic rings. The summed E-state index contributed by atoms with van der Waals surface area (Å²) in [6, 6.07) is 11.6. The van der Waals surface area contributed by atoms with Crippen LogP contribution in [0.3, 0.4) is 0 Å². The number of thiophene rings is 1. The number of rotatable bonds is 4. The number of ether oxygens (including phenoxy) is 1. The topological polar surface area (TPSA) is 78.1 Å². The zero-order valence-corrected chi connectivity index (χ0v) is 16.7. The van der Waals surface area contributed by atoms with Crippen LogP contribution in [0.5, 0.6) is 0 Å². The van der Waals surface area contributed by atoms with E-state index in [0.29, 0.717) is 11.5 Å². The van der Waals surface area contributed by atoms with Gasteiger partial charge in [0, 0.05) is 11.1 Å².